The summed E-state index contributed by atoms with van der Waals surface area (Å²) in [6.07, 6.45) is 3.02. The molecule has 1 amide bonds. The van der Waals surface area contributed by atoms with Gasteiger partial charge in [0, 0.05) is 26.1 Å². The molecule has 0 saturated heterocycles. The first-order valence-corrected chi connectivity index (χ1v) is 7.56. The van der Waals surface area contributed by atoms with Crippen molar-refractivity contribution in [2.24, 2.45) is 0 Å². The molecule has 3 heterocycles. The standard InChI is InChI=1S/C15H17N5O4/c1-10-8-19(12-4-3-6-16-15(12)24-10)14(21)5-7-18-9-13(20(22)23)17-11(18)2/h3-4,6,9-10H,5,7-8H2,1-2H3/t10-/m0/s1. The van der Waals surface area contributed by atoms with Gasteiger partial charge in [0.25, 0.3) is 0 Å². The zero-order valence-corrected chi connectivity index (χ0v) is 13.4. The summed E-state index contributed by atoms with van der Waals surface area (Å²) in [5, 5.41) is 10.8. The molecule has 0 spiro atoms. The van der Waals surface area contributed by atoms with Crippen LogP contribution in [0.2, 0.25) is 0 Å². The molecule has 0 N–H and O–H groups in total. The molecule has 2 aromatic heterocycles. The van der Waals surface area contributed by atoms with E-state index in [4.69, 9.17) is 4.74 Å². The highest BCUT2D eigenvalue weighted by Gasteiger charge is 2.28. The summed E-state index contributed by atoms with van der Waals surface area (Å²) < 4.78 is 7.24. The topological polar surface area (TPSA) is 103 Å². The number of hydrogen-bond donors (Lipinski definition) is 0. The molecular weight excluding hydrogens is 314 g/mol. The maximum absolute atomic E-state index is 12.6. The van der Waals surface area contributed by atoms with E-state index in [1.807, 2.05) is 6.92 Å². The number of nitrogens with zero attached hydrogens (tertiary/aromatic N) is 5. The van der Waals surface area contributed by atoms with Crippen LogP contribution in [0.15, 0.2) is 24.5 Å². The molecular formula is C15H17N5O4. The van der Waals surface area contributed by atoms with Crippen LogP contribution in [-0.4, -0.2) is 38.0 Å². The summed E-state index contributed by atoms with van der Waals surface area (Å²) in [5.41, 5.74) is 0.647. The van der Waals surface area contributed by atoms with E-state index >= 15 is 0 Å². The summed E-state index contributed by atoms with van der Waals surface area (Å²) in [5.74, 6) is 0.649. The first kappa shape index (κ1) is 15.9. The van der Waals surface area contributed by atoms with Gasteiger partial charge < -0.3 is 24.3 Å². The molecule has 1 atom stereocenters. The van der Waals surface area contributed by atoms with E-state index in [2.05, 4.69) is 9.97 Å². The lowest BCUT2D eigenvalue weighted by atomic mass is 10.2. The Kier molecular flexibility index (Phi) is 4.15. The lowest BCUT2D eigenvalue weighted by Crippen LogP contribution is -2.42. The molecule has 0 saturated carbocycles. The SMILES string of the molecule is Cc1nc([N+](=O)[O-])cn1CCC(=O)N1C[C@H](C)Oc2ncccc21. The summed E-state index contributed by atoms with van der Waals surface area (Å²) >= 11 is 0. The van der Waals surface area contributed by atoms with E-state index in [0.29, 0.717) is 30.5 Å². The van der Waals surface area contributed by atoms with Crippen LogP contribution in [-0.2, 0) is 11.3 Å². The molecule has 0 aromatic carbocycles. The fourth-order valence-corrected chi connectivity index (χ4v) is 2.66. The quantitative estimate of drug-likeness (QED) is 0.624. The predicted molar refractivity (Wildman–Crippen MR) is 84.9 cm³/mol. The molecule has 0 radical (unpaired) electrons. The van der Waals surface area contributed by atoms with Crippen molar-refractivity contribution in [3.05, 3.63) is 40.5 Å². The van der Waals surface area contributed by atoms with Crippen molar-refractivity contribution in [2.75, 3.05) is 11.4 Å². The third-order valence-electron chi connectivity index (χ3n) is 3.81. The Morgan fingerprint density at radius 3 is 3.04 bits per heavy atom. The van der Waals surface area contributed by atoms with Crippen molar-refractivity contribution >= 4 is 17.4 Å². The van der Waals surface area contributed by atoms with Gasteiger partial charge in [0.15, 0.2) is 0 Å². The number of carbonyl (C=O) groups excluding carboxylic acids is 1. The van der Waals surface area contributed by atoms with E-state index in [9.17, 15) is 14.9 Å². The van der Waals surface area contributed by atoms with E-state index in [1.165, 1.54) is 6.20 Å². The van der Waals surface area contributed by atoms with Gasteiger partial charge in [0.05, 0.1) is 6.54 Å². The number of pyridine rings is 1. The fraction of sp³-hybridized carbons (Fsp3) is 0.400. The van der Waals surface area contributed by atoms with Crippen molar-refractivity contribution in [3.8, 4) is 5.88 Å². The molecule has 9 nitrogen and oxygen atoms in total. The number of amides is 1. The fourth-order valence-electron chi connectivity index (χ4n) is 2.66. The first-order chi connectivity index (χ1) is 11.5. The highest BCUT2D eigenvalue weighted by Crippen LogP contribution is 2.31. The lowest BCUT2D eigenvalue weighted by Gasteiger charge is -2.32. The molecule has 9 heteroatoms. The van der Waals surface area contributed by atoms with Crippen LogP contribution in [0.5, 0.6) is 5.88 Å². The van der Waals surface area contributed by atoms with Crippen LogP contribution in [0.1, 0.15) is 19.2 Å². The number of rotatable bonds is 4. The monoisotopic (exact) mass is 331 g/mol. The number of ether oxygens (including phenoxy) is 1. The average molecular weight is 331 g/mol. The molecule has 3 rings (SSSR count). The molecule has 0 bridgehead atoms. The van der Waals surface area contributed by atoms with Crippen LogP contribution in [0.25, 0.3) is 0 Å². The Hall–Kier alpha value is -2.97. The molecule has 24 heavy (non-hydrogen) atoms. The number of aryl methyl sites for hydroxylation is 2. The molecule has 126 valence electrons. The van der Waals surface area contributed by atoms with E-state index < -0.39 is 4.92 Å². The highest BCUT2D eigenvalue weighted by atomic mass is 16.6. The summed E-state index contributed by atoms with van der Waals surface area (Å²) in [6, 6.07) is 3.54. The summed E-state index contributed by atoms with van der Waals surface area (Å²) in [6.45, 7) is 4.32. The van der Waals surface area contributed by atoms with Crippen molar-refractivity contribution in [1.82, 2.24) is 14.5 Å². The second-order valence-electron chi connectivity index (χ2n) is 5.61. The maximum atomic E-state index is 12.6. The molecule has 0 fully saturated rings. The number of nitro groups is 1. The number of imidazole rings is 1. The Balaban J connectivity index is 1.73. The molecule has 1 aliphatic heterocycles. The second-order valence-corrected chi connectivity index (χ2v) is 5.61. The van der Waals surface area contributed by atoms with Crippen LogP contribution in [0.3, 0.4) is 0 Å². The number of aromatic nitrogens is 3. The zero-order chi connectivity index (χ0) is 17.3. The Morgan fingerprint density at radius 2 is 2.33 bits per heavy atom. The summed E-state index contributed by atoms with van der Waals surface area (Å²) in [7, 11) is 0. The second kappa shape index (κ2) is 6.26. The van der Waals surface area contributed by atoms with Gasteiger partial charge in [-0.15, -0.1) is 0 Å². The molecule has 2 aromatic rings. The van der Waals surface area contributed by atoms with E-state index in [1.54, 1.807) is 34.7 Å². The number of fused-ring (bicyclic) bond motifs is 1. The van der Waals surface area contributed by atoms with Crippen molar-refractivity contribution < 1.29 is 14.5 Å². The van der Waals surface area contributed by atoms with Crippen LogP contribution >= 0.6 is 0 Å². The van der Waals surface area contributed by atoms with Crippen molar-refractivity contribution in [2.45, 2.75) is 32.9 Å². The third-order valence-corrected chi connectivity index (χ3v) is 3.81. The Morgan fingerprint density at radius 1 is 1.54 bits per heavy atom. The minimum atomic E-state index is -0.545. The van der Waals surface area contributed by atoms with Crippen molar-refractivity contribution in [3.63, 3.8) is 0 Å². The minimum Gasteiger partial charge on any atom is -0.471 e. The summed E-state index contributed by atoms with van der Waals surface area (Å²) in [4.78, 5) is 32.5. The van der Waals surface area contributed by atoms with Gasteiger partial charge in [-0.25, -0.2) is 4.98 Å². The smallest absolute Gasteiger partial charge is 0.381 e. The maximum Gasteiger partial charge on any atom is 0.381 e. The number of hydrogen-bond acceptors (Lipinski definition) is 6. The highest BCUT2D eigenvalue weighted by molar-refractivity contribution is 5.94. The predicted octanol–water partition coefficient (Wildman–Crippen LogP) is 1.70. The third kappa shape index (κ3) is 3.05. The molecule has 0 aliphatic carbocycles. The van der Waals surface area contributed by atoms with Gasteiger partial charge in [-0.2, -0.15) is 0 Å². The van der Waals surface area contributed by atoms with Crippen LogP contribution in [0, 0.1) is 17.0 Å². The Labute approximate surface area is 138 Å². The largest absolute Gasteiger partial charge is 0.471 e. The van der Waals surface area contributed by atoms with Gasteiger partial charge in [-0.3, -0.25) is 4.79 Å². The van der Waals surface area contributed by atoms with Gasteiger partial charge in [0.1, 0.15) is 18.0 Å². The number of anilines is 1. The van der Waals surface area contributed by atoms with Gasteiger partial charge in [-0.05, 0) is 29.0 Å². The first-order valence-electron chi connectivity index (χ1n) is 7.56. The van der Waals surface area contributed by atoms with Crippen LogP contribution in [0.4, 0.5) is 11.5 Å². The minimum absolute atomic E-state index is 0.0878. The van der Waals surface area contributed by atoms with E-state index in [0.717, 1.165) is 0 Å². The van der Waals surface area contributed by atoms with Gasteiger partial charge in [-0.1, -0.05) is 0 Å². The van der Waals surface area contributed by atoms with Gasteiger partial charge in [0.2, 0.25) is 17.6 Å². The van der Waals surface area contributed by atoms with Gasteiger partial charge >= 0.3 is 5.82 Å². The normalized spacial score (nSPS) is 16.4. The zero-order valence-electron chi connectivity index (χ0n) is 13.4. The molecule has 1 aliphatic rings. The van der Waals surface area contributed by atoms with E-state index in [-0.39, 0.29) is 24.2 Å². The number of carbonyl (C=O) groups is 1. The average Bonchev–Trinajstić information content (AvgIpc) is 2.93. The molecule has 0 unspecified atom stereocenters. The Bertz CT molecular complexity index is 788. The van der Waals surface area contributed by atoms with Crippen molar-refractivity contribution in [1.29, 1.82) is 0 Å². The lowest BCUT2D eigenvalue weighted by molar-refractivity contribution is -0.389. The van der Waals surface area contributed by atoms with Crippen LogP contribution < -0.4 is 9.64 Å².